The first kappa shape index (κ1) is 9.13. The molecule has 12 heavy (non-hydrogen) atoms. The molecule has 0 aliphatic carbocycles. The Kier molecular flexibility index (Phi) is 2.76. The second-order valence-corrected chi connectivity index (χ2v) is 4.36. The predicted molar refractivity (Wildman–Crippen MR) is 43.5 cm³/mol. The van der Waals surface area contributed by atoms with Crippen LogP contribution in [0.2, 0.25) is 0 Å². The van der Waals surface area contributed by atoms with Crippen molar-refractivity contribution in [2.75, 3.05) is 12.8 Å². The quantitative estimate of drug-likeness (QED) is 0.486. The van der Waals surface area contributed by atoms with E-state index in [-0.39, 0.29) is 5.91 Å². The van der Waals surface area contributed by atoms with E-state index in [9.17, 15) is 14.2 Å². The van der Waals surface area contributed by atoms with Crippen LogP contribution in [0.1, 0.15) is 6.42 Å². The van der Waals surface area contributed by atoms with E-state index < -0.39 is 19.9 Å². The molecule has 0 saturated carbocycles. The van der Waals surface area contributed by atoms with Crippen LogP contribution in [0.3, 0.4) is 0 Å². The summed E-state index contributed by atoms with van der Waals surface area (Å²) >= 11 is 0. The molecule has 2 atom stereocenters. The molecule has 0 radical (unpaired) electrons. The SMILES string of the molecule is C[P+](=O)CCC1NC(=O)NC1=O. The van der Waals surface area contributed by atoms with Crippen molar-refractivity contribution in [1.82, 2.24) is 10.6 Å². The molecule has 6 heteroatoms. The van der Waals surface area contributed by atoms with Crippen molar-refractivity contribution < 1.29 is 14.2 Å². The molecule has 0 spiro atoms. The molecule has 2 unspecified atom stereocenters. The lowest BCUT2D eigenvalue weighted by Crippen LogP contribution is -2.29. The minimum absolute atomic E-state index is 0.322. The largest absolute Gasteiger partial charge is 0.335 e. The lowest BCUT2D eigenvalue weighted by atomic mass is 10.2. The summed E-state index contributed by atoms with van der Waals surface area (Å²) in [6.07, 6.45) is 0.914. The molecule has 0 aromatic rings. The number of carbonyl (C=O) groups excluding carboxylic acids is 2. The summed E-state index contributed by atoms with van der Waals surface area (Å²) in [4.78, 5) is 21.5. The molecule has 1 aliphatic heterocycles. The van der Waals surface area contributed by atoms with Crippen LogP contribution in [0.5, 0.6) is 0 Å². The van der Waals surface area contributed by atoms with Gasteiger partial charge in [0.25, 0.3) is 5.91 Å². The van der Waals surface area contributed by atoms with Gasteiger partial charge in [-0.1, -0.05) is 4.57 Å². The molecule has 0 aromatic heterocycles. The number of hydrogen-bond donors (Lipinski definition) is 2. The Morgan fingerprint density at radius 2 is 2.17 bits per heavy atom. The Labute approximate surface area is 70.7 Å². The first-order valence-electron chi connectivity index (χ1n) is 3.59. The van der Waals surface area contributed by atoms with Crippen LogP contribution in [-0.4, -0.2) is 30.8 Å². The second kappa shape index (κ2) is 3.63. The normalized spacial score (nSPS) is 23.4. The monoisotopic (exact) mass is 189 g/mol. The van der Waals surface area contributed by atoms with Gasteiger partial charge in [0.15, 0.2) is 0 Å². The van der Waals surface area contributed by atoms with Gasteiger partial charge in [0.05, 0.1) is 0 Å². The van der Waals surface area contributed by atoms with Crippen LogP contribution in [0.4, 0.5) is 4.79 Å². The zero-order valence-corrected chi connectivity index (χ0v) is 7.56. The number of hydrogen-bond acceptors (Lipinski definition) is 3. The standard InChI is InChI=1S/C6H9N2O3P/c1-12(11)3-2-4-5(9)8-6(10)7-4/h4H,2-3H2,1H3,(H-,7,8,9,10)/p+1. The number of nitrogens with one attached hydrogen (secondary N) is 2. The number of urea groups is 1. The summed E-state index contributed by atoms with van der Waals surface area (Å²) in [7, 11) is -1.23. The molecule has 66 valence electrons. The fourth-order valence-electron chi connectivity index (χ4n) is 0.973. The van der Waals surface area contributed by atoms with Crippen molar-refractivity contribution in [3.05, 3.63) is 0 Å². The van der Waals surface area contributed by atoms with Gasteiger partial charge in [-0.3, -0.25) is 10.1 Å². The Morgan fingerprint density at radius 1 is 1.50 bits per heavy atom. The van der Waals surface area contributed by atoms with Crippen LogP contribution < -0.4 is 10.6 Å². The maximum Gasteiger partial charge on any atom is 0.335 e. The Morgan fingerprint density at radius 3 is 2.58 bits per heavy atom. The maximum absolute atomic E-state index is 10.9. The van der Waals surface area contributed by atoms with Crippen molar-refractivity contribution in [2.24, 2.45) is 0 Å². The van der Waals surface area contributed by atoms with Crippen molar-refractivity contribution in [1.29, 1.82) is 0 Å². The summed E-state index contributed by atoms with van der Waals surface area (Å²) in [5.41, 5.74) is 0. The molecule has 0 bridgehead atoms. The number of imide groups is 1. The molecular weight excluding hydrogens is 179 g/mol. The van der Waals surface area contributed by atoms with Gasteiger partial charge in [-0.05, 0) is 0 Å². The van der Waals surface area contributed by atoms with Gasteiger partial charge in [-0.2, -0.15) is 0 Å². The van der Waals surface area contributed by atoms with E-state index in [0.717, 1.165) is 0 Å². The second-order valence-electron chi connectivity index (χ2n) is 2.66. The molecule has 3 amide bonds. The predicted octanol–water partition coefficient (Wildman–Crippen LogP) is 0.0417. The number of amides is 3. The molecule has 1 heterocycles. The molecule has 1 fully saturated rings. The van der Waals surface area contributed by atoms with Gasteiger partial charge in [0, 0.05) is 6.42 Å². The van der Waals surface area contributed by atoms with Gasteiger partial charge in [0.1, 0.15) is 18.9 Å². The van der Waals surface area contributed by atoms with E-state index in [1.54, 1.807) is 6.66 Å². The number of carbonyl (C=O) groups is 2. The van der Waals surface area contributed by atoms with Crippen molar-refractivity contribution in [2.45, 2.75) is 12.5 Å². The van der Waals surface area contributed by atoms with Crippen molar-refractivity contribution in [3.8, 4) is 0 Å². The van der Waals surface area contributed by atoms with E-state index in [4.69, 9.17) is 0 Å². The molecule has 1 aliphatic rings. The highest BCUT2D eigenvalue weighted by atomic mass is 31.1. The summed E-state index contributed by atoms with van der Waals surface area (Å²) < 4.78 is 10.7. The van der Waals surface area contributed by atoms with Gasteiger partial charge in [-0.15, -0.1) is 0 Å². The van der Waals surface area contributed by atoms with Gasteiger partial charge in [0.2, 0.25) is 0 Å². The number of rotatable bonds is 3. The summed E-state index contributed by atoms with van der Waals surface area (Å²) in [6, 6.07) is -0.951. The molecule has 0 aromatic carbocycles. The highest BCUT2D eigenvalue weighted by molar-refractivity contribution is 7.43. The highest BCUT2D eigenvalue weighted by Crippen LogP contribution is 2.16. The first-order chi connectivity index (χ1) is 5.59. The third-order valence-corrected chi connectivity index (χ3v) is 2.48. The van der Waals surface area contributed by atoms with Gasteiger partial charge < -0.3 is 5.32 Å². The lowest BCUT2D eigenvalue weighted by Gasteiger charge is -2.00. The van der Waals surface area contributed by atoms with Crippen molar-refractivity contribution in [3.63, 3.8) is 0 Å². The van der Waals surface area contributed by atoms with Crippen LogP contribution in [-0.2, 0) is 9.36 Å². The van der Waals surface area contributed by atoms with Gasteiger partial charge >= 0.3 is 13.8 Å². The van der Waals surface area contributed by atoms with E-state index >= 15 is 0 Å². The van der Waals surface area contributed by atoms with Crippen LogP contribution in [0, 0.1) is 0 Å². The molecular formula is C6H10N2O3P+. The Bertz CT molecular complexity index is 241. The topological polar surface area (TPSA) is 75.3 Å². The van der Waals surface area contributed by atoms with E-state index in [2.05, 4.69) is 10.6 Å². The first-order valence-corrected chi connectivity index (χ1v) is 5.48. The highest BCUT2D eigenvalue weighted by Gasteiger charge is 2.30. The lowest BCUT2D eigenvalue weighted by molar-refractivity contribution is -0.120. The molecule has 1 saturated heterocycles. The van der Waals surface area contributed by atoms with Gasteiger partial charge in [-0.25, -0.2) is 4.79 Å². The van der Waals surface area contributed by atoms with Crippen molar-refractivity contribution >= 4 is 19.7 Å². The van der Waals surface area contributed by atoms with Crippen LogP contribution in [0.25, 0.3) is 0 Å². The van der Waals surface area contributed by atoms with E-state index in [1.165, 1.54) is 0 Å². The summed E-state index contributed by atoms with van der Waals surface area (Å²) in [5, 5.41) is 4.54. The maximum atomic E-state index is 10.9. The van der Waals surface area contributed by atoms with Crippen LogP contribution >= 0.6 is 7.80 Å². The molecule has 5 nitrogen and oxygen atoms in total. The zero-order valence-electron chi connectivity index (χ0n) is 6.66. The minimum Gasteiger partial charge on any atom is -0.326 e. The third-order valence-electron chi connectivity index (χ3n) is 1.59. The average molecular weight is 189 g/mol. The third kappa shape index (κ3) is 2.27. The summed E-state index contributed by atoms with van der Waals surface area (Å²) in [5.74, 6) is -0.322. The Hall–Kier alpha value is -0.960. The molecule has 2 N–H and O–H groups in total. The fourth-order valence-corrected chi connectivity index (χ4v) is 1.59. The van der Waals surface area contributed by atoms with Crippen LogP contribution in [0.15, 0.2) is 0 Å². The van der Waals surface area contributed by atoms with E-state index in [1.807, 2.05) is 0 Å². The average Bonchev–Trinajstić information content (AvgIpc) is 2.26. The summed E-state index contributed by atoms with van der Waals surface area (Å²) in [6.45, 7) is 1.60. The fraction of sp³-hybridized carbons (Fsp3) is 0.667. The molecule has 1 rings (SSSR count). The van der Waals surface area contributed by atoms with E-state index in [0.29, 0.717) is 12.6 Å². The smallest absolute Gasteiger partial charge is 0.326 e. The minimum atomic E-state index is -1.23. The Balaban J connectivity index is 2.38. The zero-order chi connectivity index (χ0) is 9.14.